The molecular weight excluding hydrogens is 400 g/mol. The Kier molecular flexibility index (Phi) is 4.98. The second-order valence-corrected chi connectivity index (χ2v) is 8.60. The van der Waals surface area contributed by atoms with E-state index in [0.29, 0.717) is 30.1 Å². The van der Waals surface area contributed by atoms with Crippen molar-refractivity contribution in [2.45, 2.75) is 51.5 Å². The molecule has 8 heteroatoms. The third kappa shape index (κ3) is 3.69. The van der Waals surface area contributed by atoms with Gasteiger partial charge in [0.1, 0.15) is 5.82 Å². The first kappa shape index (κ1) is 19.2. The Morgan fingerprint density at radius 1 is 1.23 bits per heavy atom. The van der Waals surface area contributed by atoms with Gasteiger partial charge in [0.05, 0.1) is 0 Å². The van der Waals surface area contributed by atoms with E-state index in [1.54, 1.807) is 12.4 Å². The molecule has 1 saturated carbocycles. The molecule has 0 saturated heterocycles. The van der Waals surface area contributed by atoms with Crippen LogP contribution in [0, 0.1) is 5.92 Å². The number of hydrogen-bond acceptors (Lipinski definition) is 6. The lowest BCUT2D eigenvalue weighted by atomic mass is 9.93. The van der Waals surface area contributed by atoms with Crippen LogP contribution >= 0.6 is 11.6 Å². The summed E-state index contributed by atoms with van der Waals surface area (Å²) in [6, 6.07) is 4.41. The molecule has 0 aliphatic heterocycles. The average Bonchev–Trinajstić information content (AvgIpc) is 3.31. The highest BCUT2D eigenvalue weighted by atomic mass is 35.5. The number of allylic oxidation sites excluding steroid dienone is 4. The summed E-state index contributed by atoms with van der Waals surface area (Å²) >= 11 is 6.18. The van der Waals surface area contributed by atoms with Crippen LogP contribution < -0.4 is 0 Å². The van der Waals surface area contributed by atoms with Gasteiger partial charge in [-0.05, 0) is 43.4 Å². The Morgan fingerprint density at radius 2 is 2.03 bits per heavy atom. The molecule has 2 aliphatic carbocycles. The summed E-state index contributed by atoms with van der Waals surface area (Å²) in [5, 5.41) is 14.0. The molecule has 3 heterocycles. The first-order valence-electron chi connectivity index (χ1n) is 10.4. The number of pyridine rings is 1. The molecule has 0 radical (unpaired) electrons. The summed E-state index contributed by atoms with van der Waals surface area (Å²) < 4.78 is 7.85. The Morgan fingerprint density at radius 3 is 2.80 bits per heavy atom. The molecule has 0 amide bonds. The van der Waals surface area contributed by atoms with E-state index in [9.17, 15) is 0 Å². The zero-order valence-electron chi connectivity index (χ0n) is 17.0. The number of halogens is 1. The summed E-state index contributed by atoms with van der Waals surface area (Å²) in [4.78, 5) is 8.78. The third-order valence-electron chi connectivity index (χ3n) is 5.73. The second-order valence-electron chi connectivity index (χ2n) is 8.17. The van der Waals surface area contributed by atoms with E-state index in [-0.39, 0.29) is 5.92 Å². The van der Waals surface area contributed by atoms with Gasteiger partial charge >= 0.3 is 0 Å². The largest absolute Gasteiger partial charge is 0.334 e. The first-order valence-corrected chi connectivity index (χ1v) is 10.7. The molecule has 7 nitrogen and oxygen atoms in total. The van der Waals surface area contributed by atoms with Crippen molar-refractivity contribution in [3.8, 4) is 11.4 Å². The molecule has 0 bridgehead atoms. The van der Waals surface area contributed by atoms with Gasteiger partial charge < -0.3 is 9.09 Å². The molecule has 0 aromatic carbocycles. The standard InChI is InChI=1S/C22H23ClN6O/c1-13-3-4-16(23)12-18(13)22-25-20(28-30-22)14(2)11-19-26-27-21(29(19)17-5-6-17)15-7-9-24-10-8-15/h4,7-10,12-14,17H,3,5-6,11H2,1-2H3. The van der Waals surface area contributed by atoms with Crippen LogP contribution in [-0.4, -0.2) is 29.9 Å². The van der Waals surface area contributed by atoms with E-state index in [1.165, 1.54) is 0 Å². The van der Waals surface area contributed by atoms with Gasteiger partial charge in [-0.25, -0.2) is 0 Å². The molecule has 3 aromatic heterocycles. The van der Waals surface area contributed by atoms with Crippen LogP contribution in [0.25, 0.3) is 17.0 Å². The lowest BCUT2D eigenvalue weighted by Crippen LogP contribution is -2.09. The smallest absolute Gasteiger partial charge is 0.254 e. The van der Waals surface area contributed by atoms with E-state index in [1.807, 2.05) is 24.3 Å². The second kappa shape index (κ2) is 7.80. The Balaban J connectivity index is 1.39. The fraction of sp³-hybridized carbons (Fsp3) is 0.409. The SMILES string of the molecule is CC1CC=C(Cl)C=C1c1nc(C(C)Cc2nnc(-c3ccncc3)n2C2CC2)no1. The van der Waals surface area contributed by atoms with Crippen LogP contribution in [0.3, 0.4) is 0 Å². The monoisotopic (exact) mass is 422 g/mol. The van der Waals surface area contributed by atoms with E-state index < -0.39 is 0 Å². The lowest BCUT2D eigenvalue weighted by Gasteiger charge is -2.14. The van der Waals surface area contributed by atoms with Crippen molar-refractivity contribution in [2.24, 2.45) is 5.92 Å². The van der Waals surface area contributed by atoms with Crippen LogP contribution in [0.2, 0.25) is 0 Å². The van der Waals surface area contributed by atoms with Gasteiger partial charge in [0.2, 0.25) is 0 Å². The topological polar surface area (TPSA) is 82.5 Å². The van der Waals surface area contributed by atoms with Crippen LogP contribution in [0.15, 0.2) is 46.2 Å². The summed E-state index contributed by atoms with van der Waals surface area (Å²) in [5.74, 6) is 3.45. The van der Waals surface area contributed by atoms with Crippen molar-refractivity contribution in [3.63, 3.8) is 0 Å². The predicted molar refractivity (Wildman–Crippen MR) is 114 cm³/mol. The minimum atomic E-state index is 0.0556. The van der Waals surface area contributed by atoms with Gasteiger partial charge in [0, 0.05) is 46.9 Å². The molecule has 5 rings (SSSR count). The van der Waals surface area contributed by atoms with E-state index in [0.717, 1.165) is 47.1 Å². The van der Waals surface area contributed by atoms with Crippen molar-refractivity contribution >= 4 is 17.2 Å². The number of aromatic nitrogens is 6. The van der Waals surface area contributed by atoms with Crippen molar-refractivity contribution in [2.75, 3.05) is 0 Å². The van der Waals surface area contributed by atoms with Crippen LogP contribution in [0.5, 0.6) is 0 Å². The minimum Gasteiger partial charge on any atom is -0.334 e. The van der Waals surface area contributed by atoms with Gasteiger partial charge in [-0.15, -0.1) is 10.2 Å². The zero-order chi connectivity index (χ0) is 20.7. The average molecular weight is 423 g/mol. The fourth-order valence-electron chi connectivity index (χ4n) is 3.83. The molecular formula is C22H23ClN6O. The van der Waals surface area contributed by atoms with Crippen LogP contribution in [0.4, 0.5) is 0 Å². The molecule has 0 N–H and O–H groups in total. The van der Waals surface area contributed by atoms with E-state index in [2.05, 4.69) is 43.7 Å². The Labute approximate surface area is 179 Å². The minimum absolute atomic E-state index is 0.0556. The fourth-order valence-corrected chi connectivity index (χ4v) is 4.04. The van der Waals surface area contributed by atoms with Crippen LogP contribution in [-0.2, 0) is 6.42 Å². The molecule has 30 heavy (non-hydrogen) atoms. The molecule has 2 unspecified atom stereocenters. The summed E-state index contributed by atoms with van der Waals surface area (Å²) in [6.07, 6.45) is 11.4. The highest BCUT2D eigenvalue weighted by molar-refractivity contribution is 6.31. The van der Waals surface area contributed by atoms with Crippen LogP contribution in [0.1, 0.15) is 62.6 Å². The van der Waals surface area contributed by atoms with Crippen molar-refractivity contribution in [1.29, 1.82) is 0 Å². The number of nitrogens with zero attached hydrogens (tertiary/aromatic N) is 6. The number of hydrogen-bond donors (Lipinski definition) is 0. The number of rotatable bonds is 6. The molecule has 2 aliphatic rings. The molecule has 2 atom stereocenters. The summed E-state index contributed by atoms with van der Waals surface area (Å²) in [5.41, 5.74) is 2.03. The van der Waals surface area contributed by atoms with Gasteiger partial charge in [0.25, 0.3) is 5.89 Å². The molecule has 1 fully saturated rings. The van der Waals surface area contributed by atoms with Gasteiger partial charge in [-0.2, -0.15) is 4.98 Å². The van der Waals surface area contributed by atoms with Gasteiger partial charge in [0.15, 0.2) is 11.6 Å². The summed E-state index contributed by atoms with van der Waals surface area (Å²) in [6.45, 7) is 4.23. The molecule has 0 spiro atoms. The van der Waals surface area contributed by atoms with Gasteiger partial charge in [-0.3, -0.25) is 4.98 Å². The lowest BCUT2D eigenvalue weighted by molar-refractivity contribution is 0.391. The zero-order valence-corrected chi connectivity index (χ0v) is 17.8. The Bertz CT molecular complexity index is 1110. The molecule has 3 aromatic rings. The maximum absolute atomic E-state index is 6.18. The Hall–Kier alpha value is -2.80. The first-order chi connectivity index (χ1) is 14.6. The van der Waals surface area contributed by atoms with Gasteiger partial charge in [-0.1, -0.05) is 36.7 Å². The third-order valence-corrected chi connectivity index (χ3v) is 5.99. The quantitative estimate of drug-likeness (QED) is 0.558. The van der Waals surface area contributed by atoms with Crippen molar-refractivity contribution < 1.29 is 4.52 Å². The molecule has 154 valence electrons. The highest BCUT2D eigenvalue weighted by Gasteiger charge is 2.31. The van der Waals surface area contributed by atoms with Crippen molar-refractivity contribution in [3.05, 3.63) is 59.3 Å². The maximum Gasteiger partial charge on any atom is 0.254 e. The van der Waals surface area contributed by atoms with E-state index in [4.69, 9.17) is 16.1 Å². The normalized spacial score (nSPS) is 20.0. The van der Waals surface area contributed by atoms with Crippen molar-refractivity contribution in [1.82, 2.24) is 29.9 Å². The van der Waals surface area contributed by atoms with E-state index >= 15 is 0 Å². The predicted octanol–water partition coefficient (Wildman–Crippen LogP) is 4.95. The highest BCUT2D eigenvalue weighted by Crippen LogP contribution is 2.39. The summed E-state index contributed by atoms with van der Waals surface area (Å²) in [7, 11) is 0. The maximum atomic E-state index is 6.18.